The standard InChI is InChI=1S/C15H20FNO2/c1-3-19-15(2)7-9-17(10-8-15)14(18)12-5-4-6-13(16)11-12/h4-6,11H,3,7-10H2,1-2H3. The SMILES string of the molecule is CCOC1(C)CCN(C(=O)c2cccc(F)c2)CC1. The topological polar surface area (TPSA) is 29.5 Å². The minimum Gasteiger partial charge on any atom is -0.375 e. The van der Waals surface area contributed by atoms with Crippen LogP contribution in [0.1, 0.15) is 37.0 Å². The summed E-state index contributed by atoms with van der Waals surface area (Å²) >= 11 is 0. The number of piperidine rings is 1. The molecule has 1 aliphatic heterocycles. The Bertz CT molecular complexity index is 453. The van der Waals surface area contributed by atoms with Crippen LogP contribution >= 0.6 is 0 Å². The molecule has 104 valence electrons. The van der Waals surface area contributed by atoms with Crippen LogP contribution in [-0.2, 0) is 4.74 Å². The van der Waals surface area contributed by atoms with Crippen LogP contribution in [-0.4, -0.2) is 36.1 Å². The molecule has 0 spiro atoms. The lowest BCUT2D eigenvalue weighted by Crippen LogP contribution is -2.46. The molecule has 0 aliphatic carbocycles. The minimum atomic E-state index is -0.373. The highest BCUT2D eigenvalue weighted by Gasteiger charge is 2.32. The average Bonchev–Trinajstić information content (AvgIpc) is 2.39. The van der Waals surface area contributed by atoms with E-state index in [0.29, 0.717) is 25.3 Å². The van der Waals surface area contributed by atoms with Gasteiger partial charge in [0.05, 0.1) is 5.60 Å². The maximum Gasteiger partial charge on any atom is 0.253 e. The number of carbonyl (C=O) groups excluding carboxylic acids is 1. The summed E-state index contributed by atoms with van der Waals surface area (Å²) in [5.41, 5.74) is 0.285. The third kappa shape index (κ3) is 3.32. The van der Waals surface area contributed by atoms with Crippen molar-refractivity contribution in [2.45, 2.75) is 32.3 Å². The Labute approximate surface area is 113 Å². The number of likely N-dealkylation sites (tertiary alicyclic amines) is 1. The molecule has 1 saturated heterocycles. The first kappa shape index (κ1) is 14.0. The van der Waals surface area contributed by atoms with Crippen molar-refractivity contribution in [2.75, 3.05) is 19.7 Å². The van der Waals surface area contributed by atoms with Crippen molar-refractivity contribution in [1.82, 2.24) is 4.90 Å². The van der Waals surface area contributed by atoms with Gasteiger partial charge in [0.1, 0.15) is 5.82 Å². The number of carbonyl (C=O) groups is 1. The molecule has 4 heteroatoms. The van der Waals surface area contributed by atoms with Crippen LogP contribution in [0.5, 0.6) is 0 Å². The molecule has 0 N–H and O–H groups in total. The summed E-state index contributed by atoms with van der Waals surface area (Å²) in [7, 11) is 0. The van der Waals surface area contributed by atoms with Gasteiger partial charge in [-0.05, 0) is 44.9 Å². The number of benzene rings is 1. The maximum atomic E-state index is 13.1. The summed E-state index contributed by atoms with van der Waals surface area (Å²) in [4.78, 5) is 14.0. The molecule has 0 aromatic heterocycles. The highest BCUT2D eigenvalue weighted by atomic mass is 19.1. The molecule has 0 atom stereocenters. The molecule has 1 aromatic rings. The Morgan fingerprint density at radius 3 is 2.68 bits per heavy atom. The molecule has 1 amide bonds. The average molecular weight is 265 g/mol. The smallest absolute Gasteiger partial charge is 0.253 e. The highest BCUT2D eigenvalue weighted by Crippen LogP contribution is 2.26. The third-order valence-electron chi connectivity index (χ3n) is 3.67. The largest absolute Gasteiger partial charge is 0.375 e. The number of rotatable bonds is 3. The number of ether oxygens (including phenoxy) is 1. The van der Waals surface area contributed by atoms with E-state index in [-0.39, 0.29) is 17.3 Å². The van der Waals surface area contributed by atoms with Gasteiger partial charge >= 0.3 is 0 Å². The zero-order valence-corrected chi connectivity index (χ0v) is 11.5. The van der Waals surface area contributed by atoms with Gasteiger partial charge in [0.2, 0.25) is 0 Å². The van der Waals surface area contributed by atoms with Crippen molar-refractivity contribution >= 4 is 5.91 Å². The van der Waals surface area contributed by atoms with Crippen molar-refractivity contribution in [2.24, 2.45) is 0 Å². The van der Waals surface area contributed by atoms with Crippen LogP contribution in [0.25, 0.3) is 0 Å². The zero-order chi connectivity index (χ0) is 13.9. The van der Waals surface area contributed by atoms with E-state index >= 15 is 0 Å². The number of hydrogen-bond acceptors (Lipinski definition) is 2. The van der Waals surface area contributed by atoms with E-state index in [2.05, 4.69) is 6.92 Å². The van der Waals surface area contributed by atoms with Crippen molar-refractivity contribution in [3.63, 3.8) is 0 Å². The quantitative estimate of drug-likeness (QED) is 0.841. The van der Waals surface area contributed by atoms with Gasteiger partial charge in [0.15, 0.2) is 0 Å². The summed E-state index contributed by atoms with van der Waals surface area (Å²) in [5.74, 6) is -0.472. The van der Waals surface area contributed by atoms with Crippen LogP contribution in [0.3, 0.4) is 0 Å². The van der Waals surface area contributed by atoms with Gasteiger partial charge in [0, 0.05) is 25.3 Å². The van der Waals surface area contributed by atoms with Crippen molar-refractivity contribution in [1.29, 1.82) is 0 Å². The van der Waals surface area contributed by atoms with Crippen LogP contribution in [0.2, 0.25) is 0 Å². The third-order valence-corrected chi connectivity index (χ3v) is 3.67. The van der Waals surface area contributed by atoms with Gasteiger partial charge in [-0.15, -0.1) is 0 Å². The second-order valence-electron chi connectivity index (χ2n) is 5.19. The zero-order valence-electron chi connectivity index (χ0n) is 11.5. The predicted octanol–water partition coefficient (Wildman–Crippen LogP) is 2.86. The molecule has 1 heterocycles. The molecule has 3 nitrogen and oxygen atoms in total. The lowest BCUT2D eigenvalue weighted by atomic mass is 9.93. The fraction of sp³-hybridized carbons (Fsp3) is 0.533. The molecule has 1 aromatic carbocycles. The number of halogens is 1. The van der Waals surface area contributed by atoms with Crippen LogP contribution < -0.4 is 0 Å². The lowest BCUT2D eigenvalue weighted by molar-refractivity contribution is -0.0611. The van der Waals surface area contributed by atoms with Crippen molar-refractivity contribution in [3.05, 3.63) is 35.6 Å². The van der Waals surface area contributed by atoms with E-state index in [1.54, 1.807) is 17.0 Å². The second-order valence-corrected chi connectivity index (χ2v) is 5.19. The number of amides is 1. The maximum absolute atomic E-state index is 13.1. The molecule has 2 rings (SSSR count). The molecule has 19 heavy (non-hydrogen) atoms. The summed E-state index contributed by atoms with van der Waals surface area (Å²) in [5, 5.41) is 0. The first-order valence-electron chi connectivity index (χ1n) is 6.73. The molecular formula is C15H20FNO2. The van der Waals surface area contributed by atoms with Gasteiger partial charge in [0.25, 0.3) is 5.91 Å². The van der Waals surface area contributed by atoms with Crippen LogP contribution in [0, 0.1) is 5.82 Å². The van der Waals surface area contributed by atoms with E-state index in [4.69, 9.17) is 4.74 Å². The van der Waals surface area contributed by atoms with Gasteiger partial charge in [-0.3, -0.25) is 4.79 Å². The summed E-state index contributed by atoms with van der Waals surface area (Å²) in [6.45, 7) is 6.07. The Hall–Kier alpha value is -1.42. The van der Waals surface area contributed by atoms with E-state index < -0.39 is 0 Å². The normalized spacial score (nSPS) is 18.4. The monoisotopic (exact) mass is 265 g/mol. The first-order valence-corrected chi connectivity index (χ1v) is 6.73. The Morgan fingerprint density at radius 1 is 1.42 bits per heavy atom. The second kappa shape index (κ2) is 5.70. The van der Waals surface area contributed by atoms with E-state index in [0.717, 1.165) is 12.8 Å². The Kier molecular flexibility index (Phi) is 4.20. The number of hydrogen-bond donors (Lipinski definition) is 0. The molecule has 0 radical (unpaired) electrons. The van der Waals surface area contributed by atoms with E-state index in [1.165, 1.54) is 12.1 Å². The summed E-state index contributed by atoms with van der Waals surface area (Å²) in [6.07, 6.45) is 1.64. The van der Waals surface area contributed by atoms with Gasteiger partial charge in [-0.1, -0.05) is 6.07 Å². The highest BCUT2D eigenvalue weighted by molar-refractivity contribution is 5.94. The summed E-state index contributed by atoms with van der Waals surface area (Å²) in [6, 6.07) is 5.86. The van der Waals surface area contributed by atoms with Crippen LogP contribution in [0.15, 0.2) is 24.3 Å². The molecule has 0 saturated carbocycles. The van der Waals surface area contributed by atoms with Crippen molar-refractivity contribution in [3.8, 4) is 0 Å². The fourth-order valence-corrected chi connectivity index (χ4v) is 2.48. The molecule has 1 fully saturated rings. The molecule has 0 unspecified atom stereocenters. The predicted molar refractivity (Wildman–Crippen MR) is 71.6 cm³/mol. The Balaban J connectivity index is 2.00. The summed E-state index contributed by atoms with van der Waals surface area (Å²) < 4.78 is 18.9. The fourth-order valence-electron chi connectivity index (χ4n) is 2.48. The van der Waals surface area contributed by atoms with Gasteiger partial charge in [-0.2, -0.15) is 0 Å². The molecule has 0 bridgehead atoms. The van der Waals surface area contributed by atoms with Crippen molar-refractivity contribution < 1.29 is 13.9 Å². The molecular weight excluding hydrogens is 245 g/mol. The minimum absolute atomic E-state index is 0.0990. The molecule has 1 aliphatic rings. The number of nitrogens with zero attached hydrogens (tertiary/aromatic N) is 1. The van der Waals surface area contributed by atoms with Gasteiger partial charge < -0.3 is 9.64 Å². The van der Waals surface area contributed by atoms with Crippen LogP contribution in [0.4, 0.5) is 4.39 Å². The van der Waals surface area contributed by atoms with E-state index in [1.807, 2.05) is 6.92 Å². The first-order chi connectivity index (χ1) is 9.04. The lowest BCUT2D eigenvalue weighted by Gasteiger charge is -2.39. The van der Waals surface area contributed by atoms with Gasteiger partial charge in [-0.25, -0.2) is 4.39 Å². The van der Waals surface area contributed by atoms with E-state index in [9.17, 15) is 9.18 Å². The Morgan fingerprint density at radius 2 is 2.11 bits per heavy atom.